The van der Waals surface area contributed by atoms with Gasteiger partial charge >= 0.3 is 12.2 Å². The molecule has 0 saturated heterocycles. The van der Waals surface area contributed by atoms with Crippen molar-refractivity contribution in [3.63, 3.8) is 0 Å². The predicted octanol–water partition coefficient (Wildman–Crippen LogP) is 2.19. The molecule has 31 heavy (non-hydrogen) atoms. The molecule has 0 aliphatic heterocycles. The highest BCUT2D eigenvalue weighted by molar-refractivity contribution is 5.96. The average molecular weight is 435 g/mol. The normalized spacial score (nSPS) is 11.0. The van der Waals surface area contributed by atoms with Crippen LogP contribution in [-0.2, 0) is 20.9 Å². The molecule has 0 unspecified atom stereocenters. The SMILES string of the molecule is C=CCOC(=O)NCCCC[C@H](NC(=O)OCC=C)C(=O)Nc1ccc(O)c(CO)c1. The van der Waals surface area contributed by atoms with Crippen molar-refractivity contribution in [2.75, 3.05) is 25.1 Å². The van der Waals surface area contributed by atoms with Gasteiger partial charge in [-0.3, -0.25) is 4.79 Å². The molecule has 5 N–H and O–H groups in total. The van der Waals surface area contributed by atoms with Gasteiger partial charge in [0, 0.05) is 17.8 Å². The molecule has 1 atom stereocenters. The summed E-state index contributed by atoms with van der Waals surface area (Å²) in [6, 6.07) is 3.34. The van der Waals surface area contributed by atoms with Crippen LogP contribution in [0.3, 0.4) is 0 Å². The molecule has 0 aliphatic rings. The number of aliphatic hydroxyl groups is 1. The number of unbranched alkanes of at least 4 members (excludes halogenated alkanes) is 1. The Morgan fingerprint density at radius 2 is 1.74 bits per heavy atom. The molecule has 1 aromatic rings. The number of aliphatic hydroxyl groups excluding tert-OH is 1. The smallest absolute Gasteiger partial charge is 0.408 e. The number of phenols is 1. The molecule has 10 nitrogen and oxygen atoms in total. The van der Waals surface area contributed by atoms with Crippen LogP contribution in [0, 0.1) is 0 Å². The number of nitrogens with one attached hydrogen (secondary N) is 3. The quantitative estimate of drug-likeness (QED) is 0.181. The molecule has 3 amide bonds. The van der Waals surface area contributed by atoms with Crippen LogP contribution < -0.4 is 16.0 Å². The van der Waals surface area contributed by atoms with Crippen LogP contribution >= 0.6 is 0 Å². The number of aromatic hydroxyl groups is 1. The Morgan fingerprint density at radius 1 is 1.06 bits per heavy atom. The molecule has 0 aromatic heterocycles. The maximum atomic E-state index is 12.7. The van der Waals surface area contributed by atoms with Crippen molar-refractivity contribution in [3.05, 3.63) is 49.1 Å². The van der Waals surface area contributed by atoms with Crippen LogP contribution in [0.2, 0.25) is 0 Å². The number of carbonyl (C=O) groups is 3. The molecular weight excluding hydrogens is 406 g/mol. The summed E-state index contributed by atoms with van der Waals surface area (Å²) in [6.07, 6.45) is 2.86. The van der Waals surface area contributed by atoms with Gasteiger partial charge in [0.2, 0.25) is 5.91 Å². The highest BCUT2D eigenvalue weighted by Crippen LogP contribution is 2.21. The lowest BCUT2D eigenvalue weighted by atomic mass is 10.1. The highest BCUT2D eigenvalue weighted by Gasteiger charge is 2.21. The summed E-state index contributed by atoms with van der Waals surface area (Å²) < 4.78 is 9.67. The first kappa shape index (κ1) is 25.5. The molecule has 0 saturated carbocycles. The molecule has 10 heteroatoms. The van der Waals surface area contributed by atoms with Crippen molar-refractivity contribution in [1.29, 1.82) is 0 Å². The summed E-state index contributed by atoms with van der Waals surface area (Å²) in [7, 11) is 0. The highest BCUT2D eigenvalue weighted by atomic mass is 16.6. The molecular formula is C21H29N3O7. The number of rotatable bonds is 13. The van der Waals surface area contributed by atoms with Gasteiger partial charge in [0.05, 0.1) is 6.61 Å². The largest absolute Gasteiger partial charge is 0.508 e. The third-order valence-corrected chi connectivity index (χ3v) is 3.98. The van der Waals surface area contributed by atoms with Crippen LogP contribution in [-0.4, -0.2) is 54.1 Å². The van der Waals surface area contributed by atoms with Gasteiger partial charge in [-0.2, -0.15) is 0 Å². The summed E-state index contributed by atoms with van der Waals surface area (Å²) in [6.45, 7) is 6.95. The molecule has 0 radical (unpaired) electrons. The minimum Gasteiger partial charge on any atom is -0.508 e. The van der Waals surface area contributed by atoms with Crippen molar-refractivity contribution in [2.45, 2.75) is 31.9 Å². The zero-order valence-electron chi connectivity index (χ0n) is 17.3. The van der Waals surface area contributed by atoms with Crippen LogP contribution in [0.15, 0.2) is 43.5 Å². The van der Waals surface area contributed by atoms with Crippen LogP contribution in [0.25, 0.3) is 0 Å². The minimum absolute atomic E-state index is 0.00522. The fourth-order valence-electron chi connectivity index (χ4n) is 2.46. The molecule has 0 bridgehead atoms. The van der Waals surface area contributed by atoms with Crippen LogP contribution in [0.5, 0.6) is 5.75 Å². The number of alkyl carbamates (subject to hydrolysis) is 2. The van der Waals surface area contributed by atoms with E-state index in [2.05, 4.69) is 29.1 Å². The number of benzene rings is 1. The van der Waals surface area contributed by atoms with E-state index < -0.39 is 30.7 Å². The van der Waals surface area contributed by atoms with E-state index in [4.69, 9.17) is 9.47 Å². The topological polar surface area (TPSA) is 146 Å². The van der Waals surface area contributed by atoms with E-state index in [0.29, 0.717) is 25.1 Å². The maximum Gasteiger partial charge on any atom is 0.408 e. The second-order valence-corrected chi connectivity index (χ2v) is 6.38. The first-order valence-electron chi connectivity index (χ1n) is 9.70. The van der Waals surface area contributed by atoms with E-state index >= 15 is 0 Å². The van der Waals surface area contributed by atoms with Gasteiger partial charge in [0.15, 0.2) is 0 Å². The van der Waals surface area contributed by atoms with Crippen molar-refractivity contribution in [1.82, 2.24) is 10.6 Å². The van der Waals surface area contributed by atoms with Gasteiger partial charge in [-0.25, -0.2) is 9.59 Å². The summed E-state index contributed by atoms with van der Waals surface area (Å²) in [4.78, 5) is 35.9. The van der Waals surface area contributed by atoms with Gasteiger partial charge in [-0.05, 0) is 37.5 Å². The molecule has 0 fully saturated rings. The summed E-state index contributed by atoms with van der Waals surface area (Å²) in [5, 5.41) is 26.6. The minimum atomic E-state index is -0.906. The summed E-state index contributed by atoms with van der Waals surface area (Å²) in [5.41, 5.74) is 0.604. The lowest BCUT2D eigenvalue weighted by Gasteiger charge is -2.18. The Bertz CT molecular complexity index is 767. The monoisotopic (exact) mass is 435 g/mol. The van der Waals surface area contributed by atoms with Crippen molar-refractivity contribution >= 4 is 23.8 Å². The van der Waals surface area contributed by atoms with E-state index in [1.54, 1.807) is 0 Å². The van der Waals surface area contributed by atoms with Crippen molar-refractivity contribution < 1.29 is 34.1 Å². The number of ether oxygens (including phenoxy) is 2. The first-order valence-corrected chi connectivity index (χ1v) is 9.70. The fourth-order valence-corrected chi connectivity index (χ4v) is 2.46. The molecule has 0 spiro atoms. The second kappa shape index (κ2) is 14.5. The Labute approximate surface area is 180 Å². The van der Waals surface area contributed by atoms with E-state index in [1.807, 2.05) is 0 Å². The van der Waals surface area contributed by atoms with Gasteiger partial charge < -0.3 is 35.6 Å². The van der Waals surface area contributed by atoms with Crippen molar-refractivity contribution in [2.24, 2.45) is 0 Å². The Balaban J connectivity index is 2.64. The summed E-state index contributed by atoms with van der Waals surface area (Å²) in [5.74, 6) is -0.592. The first-order chi connectivity index (χ1) is 14.9. The standard InChI is InChI=1S/C21H29N3O7/c1-3-11-30-20(28)22-10-6-5-7-17(24-21(29)31-12-4-2)19(27)23-16-8-9-18(26)15(13-16)14-25/h3-4,8-9,13,17,25-26H,1-2,5-7,10-12,14H2,(H,22,28)(H,23,27)(H,24,29)/t17-/m0/s1. The predicted molar refractivity (Wildman–Crippen MR) is 115 cm³/mol. The van der Waals surface area contributed by atoms with Gasteiger partial charge in [0.25, 0.3) is 0 Å². The van der Waals surface area contributed by atoms with Crippen molar-refractivity contribution in [3.8, 4) is 5.75 Å². The number of hydrogen-bond donors (Lipinski definition) is 5. The number of amides is 3. The van der Waals surface area contributed by atoms with Crippen LogP contribution in [0.1, 0.15) is 24.8 Å². The average Bonchev–Trinajstić information content (AvgIpc) is 2.76. The van der Waals surface area contributed by atoms with Crippen LogP contribution in [0.4, 0.5) is 15.3 Å². The van der Waals surface area contributed by atoms with E-state index in [-0.39, 0.29) is 30.9 Å². The number of anilines is 1. The Kier molecular flexibility index (Phi) is 11.9. The third kappa shape index (κ3) is 10.2. The Hall–Kier alpha value is -3.53. The van der Waals surface area contributed by atoms with Gasteiger partial charge in [0.1, 0.15) is 25.0 Å². The molecule has 0 aliphatic carbocycles. The zero-order chi connectivity index (χ0) is 23.1. The molecule has 170 valence electrons. The van der Waals surface area contributed by atoms with Gasteiger partial charge in [-0.15, -0.1) is 0 Å². The molecule has 1 aromatic carbocycles. The maximum absolute atomic E-state index is 12.7. The lowest BCUT2D eigenvalue weighted by molar-refractivity contribution is -0.118. The van der Waals surface area contributed by atoms with E-state index in [1.165, 1.54) is 30.4 Å². The zero-order valence-corrected chi connectivity index (χ0v) is 17.3. The fraction of sp³-hybridized carbons (Fsp3) is 0.381. The number of hydrogen-bond acceptors (Lipinski definition) is 7. The van der Waals surface area contributed by atoms with E-state index in [0.717, 1.165) is 0 Å². The second-order valence-electron chi connectivity index (χ2n) is 6.38. The van der Waals surface area contributed by atoms with E-state index in [9.17, 15) is 24.6 Å². The third-order valence-electron chi connectivity index (χ3n) is 3.98. The molecule has 0 heterocycles. The van der Waals surface area contributed by atoms with Gasteiger partial charge in [-0.1, -0.05) is 25.3 Å². The molecule has 1 rings (SSSR count). The Morgan fingerprint density at radius 3 is 2.39 bits per heavy atom. The lowest BCUT2D eigenvalue weighted by Crippen LogP contribution is -2.44. The summed E-state index contributed by atoms with van der Waals surface area (Å²) >= 11 is 0. The number of carbonyl (C=O) groups excluding carboxylic acids is 3.